The summed E-state index contributed by atoms with van der Waals surface area (Å²) in [5.74, 6) is 0.241. The van der Waals surface area contributed by atoms with Crippen molar-refractivity contribution in [1.82, 2.24) is 4.90 Å². The fourth-order valence-electron chi connectivity index (χ4n) is 2.61. The number of benzene rings is 1. The first-order valence-corrected chi connectivity index (χ1v) is 8.55. The van der Waals surface area contributed by atoms with Gasteiger partial charge in [-0.3, -0.25) is 9.69 Å². The van der Waals surface area contributed by atoms with Gasteiger partial charge in [-0.2, -0.15) is 0 Å². The third-order valence-corrected chi connectivity index (χ3v) is 5.20. The first kappa shape index (κ1) is 16.3. The van der Waals surface area contributed by atoms with Gasteiger partial charge in [0.2, 0.25) is 0 Å². The number of ether oxygens (including phenoxy) is 2. The third-order valence-electron chi connectivity index (χ3n) is 3.82. The number of para-hydroxylation sites is 1. The van der Waals surface area contributed by atoms with E-state index in [0.29, 0.717) is 27.1 Å². The van der Waals surface area contributed by atoms with Crippen molar-refractivity contribution in [2.24, 2.45) is 0 Å². The van der Waals surface area contributed by atoms with Gasteiger partial charge in [0, 0.05) is 12.2 Å². The molecule has 122 valence electrons. The van der Waals surface area contributed by atoms with Crippen LogP contribution in [0.5, 0.6) is 11.5 Å². The topological polar surface area (TPSA) is 59.0 Å². The molecule has 2 heterocycles. The van der Waals surface area contributed by atoms with Crippen molar-refractivity contribution >= 4 is 40.3 Å². The van der Waals surface area contributed by atoms with Gasteiger partial charge in [-0.05, 0) is 25.0 Å². The quantitative estimate of drug-likeness (QED) is 0.665. The molecule has 0 bridgehead atoms. The number of carbonyl (C=O) groups excluding carboxylic acids is 1. The van der Waals surface area contributed by atoms with E-state index >= 15 is 0 Å². The molecule has 0 spiro atoms. The van der Waals surface area contributed by atoms with Gasteiger partial charge in [-0.1, -0.05) is 36.1 Å². The fraction of sp³-hybridized carbons (Fsp3) is 0.375. The molecule has 1 aromatic rings. The lowest BCUT2D eigenvalue weighted by molar-refractivity contribution is -0.123. The summed E-state index contributed by atoms with van der Waals surface area (Å²) in [6.45, 7) is 1.24. The number of hydrogen-bond acceptors (Lipinski definition) is 6. The van der Waals surface area contributed by atoms with Gasteiger partial charge < -0.3 is 14.6 Å². The van der Waals surface area contributed by atoms with Gasteiger partial charge in [0.1, 0.15) is 4.32 Å². The van der Waals surface area contributed by atoms with E-state index in [4.69, 9.17) is 21.7 Å². The summed E-state index contributed by atoms with van der Waals surface area (Å²) in [5.41, 5.74) is 0.530. The minimum absolute atomic E-state index is 0.0133. The Labute approximate surface area is 144 Å². The summed E-state index contributed by atoms with van der Waals surface area (Å²) in [4.78, 5) is 14.6. The summed E-state index contributed by atoms with van der Waals surface area (Å²) in [7, 11) is 1.49. The molecule has 2 aliphatic rings. The summed E-state index contributed by atoms with van der Waals surface area (Å²) in [5, 5.41) is 10.1. The van der Waals surface area contributed by atoms with Crippen LogP contribution in [0.25, 0.3) is 6.08 Å². The summed E-state index contributed by atoms with van der Waals surface area (Å²) in [6, 6.07) is 5.15. The van der Waals surface area contributed by atoms with Crippen molar-refractivity contribution in [2.75, 3.05) is 20.3 Å². The van der Waals surface area contributed by atoms with E-state index in [-0.39, 0.29) is 17.8 Å². The maximum atomic E-state index is 12.6. The van der Waals surface area contributed by atoms with Crippen LogP contribution >= 0.6 is 24.0 Å². The summed E-state index contributed by atoms with van der Waals surface area (Å²) in [6.07, 6.45) is 3.67. The van der Waals surface area contributed by atoms with Crippen molar-refractivity contribution in [3.8, 4) is 11.5 Å². The number of methoxy groups -OCH3 is 1. The average Bonchev–Trinajstić information content (AvgIpc) is 3.14. The fourth-order valence-corrected chi connectivity index (χ4v) is 3.88. The Bertz CT molecular complexity index is 668. The Hall–Kier alpha value is -1.57. The molecule has 0 radical (unpaired) electrons. The van der Waals surface area contributed by atoms with E-state index in [1.807, 2.05) is 0 Å². The number of thioether (sulfide) groups is 1. The molecule has 2 saturated heterocycles. The first-order valence-electron chi connectivity index (χ1n) is 7.33. The highest BCUT2D eigenvalue weighted by atomic mass is 32.2. The van der Waals surface area contributed by atoms with Crippen LogP contribution in [0.2, 0.25) is 0 Å². The third kappa shape index (κ3) is 3.36. The lowest BCUT2D eigenvalue weighted by Crippen LogP contribution is -2.35. The zero-order valence-electron chi connectivity index (χ0n) is 12.7. The number of phenolic OH excluding ortho intramolecular Hbond substituents is 1. The number of aromatic hydroxyl groups is 1. The Morgan fingerprint density at radius 3 is 3.09 bits per heavy atom. The van der Waals surface area contributed by atoms with Gasteiger partial charge in [0.25, 0.3) is 5.91 Å². The second-order valence-corrected chi connectivity index (χ2v) is 7.00. The predicted molar refractivity (Wildman–Crippen MR) is 93.5 cm³/mol. The summed E-state index contributed by atoms with van der Waals surface area (Å²) >= 11 is 6.55. The SMILES string of the molecule is COc1cccc(/C=C2\SC(=S)N(C[C@@H]3CCCO3)C2=O)c1O. The van der Waals surface area contributed by atoms with Crippen LogP contribution in [0.1, 0.15) is 18.4 Å². The van der Waals surface area contributed by atoms with Crippen LogP contribution in [0.3, 0.4) is 0 Å². The van der Waals surface area contributed by atoms with Crippen LogP contribution in [0.4, 0.5) is 0 Å². The second kappa shape index (κ2) is 6.90. The molecule has 1 atom stereocenters. The lowest BCUT2D eigenvalue weighted by Gasteiger charge is -2.18. The van der Waals surface area contributed by atoms with Crippen LogP contribution in [-0.4, -0.2) is 46.6 Å². The van der Waals surface area contributed by atoms with Crippen molar-refractivity contribution < 1.29 is 19.4 Å². The number of amides is 1. The molecule has 0 unspecified atom stereocenters. The average molecular weight is 351 g/mol. The number of phenols is 1. The molecule has 0 aromatic heterocycles. The number of carbonyl (C=O) groups is 1. The highest BCUT2D eigenvalue weighted by molar-refractivity contribution is 8.26. The molecule has 1 aromatic carbocycles. The largest absolute Gasteiger partial charge is 0.504 e. The Balaban J connectivity index is 1.81. The molecule has 2 fully saturated rings. The van der Waals surface area contributed by atoms with Crippen molar-refractivity contribution in [2.45, 2.75) is 18.9 Å². The summed E-state index contributed by atoms with van der Waals surface area (Å²) < 4.78 is 11.2. The van der Waals surface area contributed by atoms with Crippen LogP contribution in [-0.2, 0) is 9.53 Å². The van der Waals surface area contributed by atoms with E-state index in [2.05, 4.69) is 0 Å². The van der Waals surface area contributed by atoms with Gasteiger partial charge in [0.05, 0.1) is 24.7 Å². The van der Waals surface area contributed by atoms with E-state index in [0.717, 1.165) is 19.4 Å². The number of nitrogens with zero attached hydrogens (tertiary/aromatic N) is 1. The van der Waals surface area contributed by atoms with Gasteiger partial charge in [0.15, 0.2) is 11.5 Å². The first-order chi connectivity index (χ1) is 11.1. The standard InChI is InChI=1S/C16H17NO4S2/c1-20-12-6-2-4-10(14(12)18)8-13-15(19)17(16(22)23-13)9-11-5-3-7-21-11/h2,4,6,8,11,18H,3,5,7,9H2,1H3/b13-8-/t11-/m0/s1. The van der Waals surface area contributed by atoms with Crippen molar-refractivity contribution in [3.05, 3.63) is 28.7 Å². The Kier molecular flexibility index (Phi) is 4.89. The zero-order valence-corrected chi connectivity index (χ0v) is 14.3. The van der Waals surface area contributed by atoms with Crippen molar-refractivity contribution in [1.29, 1.82) is 0 Å². The molecule has 7 heteroatoms. The molecule has 1 amide bonds. The lowest BCUT2D eigenvalue weighted by atomic mass is 10.1. The van der Waals surface area contributed by atoms with E-state index in [9.17, 15) is 9.90 Å². The number of thiocarbonyl (C=S) groups is 1. The minimum Gasteiger partial charge on any atom is -0.504 e. The predicted octanol–water partition coefficient (Wildman–Crippen LogP) is 2.78. The molecule has 1 N–H and O–H groups in total. The van der Waals surface area contributed by atoms with Gasteiger partial charge in [-0.25, -0.2) is 0 Å². The zero-order chi connectivity index (χ0) is 16.4. The Morgan fingerprint density at radius 2 is 2.39 bits per heavy atom. The molecular weight excluding hydrogens is 334 g/mol. The van der Waals surface area contributed by atoms with Crippen LogP contribution in [0.15, 0.2) is 23.1 Å². The van der Waals surface area contributed by atoms with Crippen LogP contribution < -0.4 is 4.74 Å². The molecule has 23 heavy (non-hydrogen) atoms. The van der Waals surface area contributed by atoms with Crippen molar-refractivity contribution in [3.63, 3.8) is 0 Å². The normalized spacial score (nSPS) is 23.1. The van der Waals surface area contributed by atoms with E-state index in [1.54, 1.807) is 29.2 Å². The maximum absolute atomic E-state index is 12.6. The molecule has 2 aliphatic heterocycles. The number of rotatable bonds is 4. The van der Waals surface area contributed by atoms with Crippen LogP contribution in [0, 0.1) is 0 Å². The number of hydrogen-bond donors (Lipinski definition) is 1. The second-order valence-electron chi connectivity index (χ2n) is 5.33. The maximum Gasteiger partial charge on any atom is 0.266 e. The molecule has 3 rings (SSSR count). The van der Waals surface area contributed by atoms with Gasteiger partial charge >= 0.3 is 0 Å². The molecule has 0 saturated carbocycles. The van der Waals surface area contributed by atoms with Gasteiger partial charge in [-0.15, -0.1) is 0 Å². The van der Waals surface area contributed by atoms with E-state index < -0.39 is 0 Å². The molecule has 0 aliphatic carbocycles. The molecular formula is C16H17NO4S2. The smallest absolute Gasteiger partial charge is 0.266 e. The molecule has 5 nitrogen and oxygen atoms in total. The van der Waals surface area contributed by atoms with E-state index in [1.165, 1.54) is 18.9 Å². The minimum atomic E-state index is -0.141. The Morgan fingerprint density at radius 1 is 1.57 bits per heavy atom. The highest BCUT2D eigenvalue weighted by Crippen LogP contribution is 2.37. The highest BCUT2D eigenvalue weighted by Gasteiger charge is 2.34. The monoisotopic (exact) mass is 351 g/mol.